The largest absolute Gasteiger partial charge is 0.493 e. The van der Waals surface area contributed by atoms with Gasteiger partial charge in [-0.15, -0.1) is 5.10 Å². The smallest absolute Gasteiger partial charge is 0.306 e. The maximum Gasteiger partial charge on any atom is 0.306 e. The van der Waals surface area contributed by atoms with Gasteiger partial charge in [0, 0.05) is 38.7 Å². The Hall–Kier alpha value is -3.98. The lowest BCUT2D eigenvalue weighted by Crippen LogP contribution is -2.31. The van der Waals surface area contributed by atoms with E-state index in [2.05, 4.69) is 51.4 Å². The molecule has 1 N–H and O–H groups in total. The molecule has 0 saturated carbocycles. The van der Waals surface area contributed by atoms with Crippen LogP contribution in [0.2, 0.25) is 0 Å². The highest BCUT2D eigenvalue weighted by atomic mass is 16.5. The zero-order valence-corrected chi connectivity index (χ0v) is 23.1. The van der Waals surface area contributed by atoms with E-state index in [1.54, 1.807) is 16.8 Å². The van der Waals surface area contributed by atoms with Crippen molar-refractivity contribution in [1.29, 1.82) is 0 Å². The Morgan fingerprint density at radius 2 is 2.03 bits per heavy atom. The molecule has 0 aliphatic carbocycles. The predicted octanol–water partition coefficient (Wildman–Crippen LogP) is 4.55. The summed E-state index contributed by atoms with van der Waals surface area (Å²) in [5, 5.41) is 18.5. The molecule has 5 rings (SSSR count). The van der Waals surface area contributed by atoms with E-state index in [1.165, 1.54) is 0 Å². The van der Waals surface area contributed by atoms with Crippen molar-refractivity contribution in [2.24, 2.45) is 7.05 Å². The number of pyridine rings is 1. The van der Waals surface area contributed by atoms with E-state index in [1.807, 2.05) is 33.9 Å². The SMILES string of the molecule is CCOC(=O)C[C@H](c1ccc(C)c(CN2Cc3nc(O)ccc3O[C@H](C)C2)c1)c1ccc2c(nnn2C)c1C. The number of carbonyl (C=O) groups excluding carboxylic acids is 1. The van der Waals surface area contributed by atoms with E-state index in [9.17, 15) is 9.90 Å². The predicted molar refractivity (Wildman–Crippen MR) is 148 cm³/mol. The molecule has 0 fully saturated rings. The highest BCUT2D eigenvalue weighted by Gasteiger charge is 2.25. The first kappa shape index (κ1) is 26.6. The van der Waals surface area contributed by atoms with Crippen LogP contribution in [0.5, 0.6) is 11.6 Å². The lowest BCUT2D eigenvalue weighted by atomic mass is 9.84. The van der Waals surface area contributed by atoms with Crippen LogP contribution in [0.25, 0.3) is 11.0 Å². The number of benzene rings is 2. The minimum Gasteiger partial charge on any atom is -0.493 e. The first-order chi connectivity index (χ1) is 18.7. The number of aromatic nitrogens is 4. The van der Waals surface area contributed by atoms with Crippen molar-refractivity contribution in [1.82, 2.24) is 24.9 Å². The quantitative estimate of drug-likeness (QED) is 0.348. The van der Waals surface area contributed by atoms with Crippen LogP contribution < -0.4 is 4.74 Å². The van der Waals surface area contributed by atoms with Crippen molar-refractivity contribution >= 4 is 17.0 Å². The van der Waals surface area contributed by atoms with Gasteiger partial charge in [-0.2, -0.15) is 0 Å². The van der Waals surface area contributed by atoms with Crippen molar-refractivity contribution in [3.63, 3.8) is 0 Å². The van der Waals surface area contributed by atoms with Gasteiger partial charge in [0.15, 0.2) is 0 Å². The van der Waals surface area contributed by atoms with E-state index < -0.39 is 0 Å². The molecular weight excluding hydrogens is 494 g/mol. The number of nitrogens with zero attached hydrogens (tertiary/aromatic N) is 5. The third kappa shape index (κ3) is 5.59. The summed E-state index contributed by atoms with van der Waals surface area (Å²) in [6, 6.07) is 13.9. The second kappa shape index (κ2) is 11.0. The number of carbonyl (C=O) groups is 1. The lowest BCUT2D eigenvalue weighted by Gasteiger charge is -2.25. The van der Waals surface area contributed by atoms with Crippen LogP contribution in [0.4, 0.5) is 0 Å². The highest BCUT2D eigenvalue weighted by Crippen LogP contribution is 2.35. The molecular formula is C30H35N5O4. The molecule has 0 bridgehead atoms. The number of aryl methyl sites for hydroxylation is 3. The summed E-state index contributed by atoms with van der Waals surface area (Å²) < 4.78 is 13.2. The topological polar surface area (TPSA) is 103 Å². The number of esters is 1. The first-order valence-electron chi connectivity index (χ1n) is 13.3. The normalized spacial score (nSPS) is 16.4. The molecule has 1 aliphatic rings. The van der Waals surface area contributed by atoms with Crippen LogP contribution in [0.1, 0.15) is 59.7 Å². The zero-order valence-electron chi connectivity index (χ0n) is 23.1. The average molecular weight is 530 g/mol. The van der Waals surface area contributed by atoms with Crippen LogP contribution >= 0.6 is 0 Å². The van der Waals surface area contributed by atoms with E-state index in [0.717, 1.165) is 51.1 Å². The molecule has 2 aromatic carbocycles. The van der Waals surface area contributed by atoms with Crippen molar-refractivity contribution in [3.05, 3.63) is 76.0 Å². The molecule has 0 spiro atoms. The molecule has 0 amide bonds. The second-order valence-electron chi connectivity index (χ2n) is 10.3. The number of hydrogen-bond acceptors (Lipinski definition) is 8. The number of fused-ring (bicyclic) bond motifs is 2. The Labute approximate surface area is 228 Å². The first-order valence-corrected chi connectivity index (χ1v) is 13.3. The van der Waals surface area contributed by atoms with Crippen LogP contribution in [-0.4, -0.2) is 55.2 Å². The van der Waals surface area contributed by atoms with Crippen molar-refractivity contribution in [3.8, 4) is 11.6 Å². The molecule has 1 aliphatic heterocycles. The van der Waals surface area contributed by atoms with Gasteiger partial charge in [0.2, 0.25) is 5.88 Å². The summed E-state index contributed by atoms with van der Waals surface area (Å²) in [6.45, 7) is 10.3. The Morgan fingerprint density at radius 3 is 2.82 bits per heavy atom. The van der Waals surface area contributed by atoms with Crippen molar-refractivity contribution in [2.45, 2.75) is 59.2 Å². The van der Waals surface area contributed by atoms with E-state index in [-0.39, 0.29) is 30.3 Å². The molecule has 3 heterocycles. The molecule has 204 valence electrons. The van der Waals surface area contributed by atoms with Gasteiger partial charge in [-0.3, -0.25) is 9.69 Å². The van der Waals surface area contributed by atoms with E-state index >= 15 is 0 Å². The van der Waals surface area contributed by atoms with Gasteiger partial charge < -0.3 is 14.6 Å². The van der Waals surface area contributed by atoms with Gasteiger partial charge >= 0.3 is 5.97 Å². The Kier molecular flexibility index (Phi) is 7.52. The maximum atomic E-state index is 12.8. The highest BCUT2D eigenvalue weighted by molar-refractivity contribution is 5.80. The van der Waals surface area contributed by atoms with Gasteiger partial charge in [0.1, 0.15) is 23.1 Å². The summed E-state index contributed by atoms with van der Waals surface area (Å²) in [7, 11) is 1.88. The molecule has 9 nitrogen and oxygen atoms in total. The number of aromatic hydroxyl groups is 1. The second-order valence-corrected chi connectivity index (χ2v) is 10.3. The number of hydrogen-bond donors (Lipinski definition) is 1. The lowest BCUT2D eigenvalue weighted by molar-refractivity contribution is -0.143. The van der Waals surface area contributed by atoms with Gasteiger partial charge in [0.25, 0.3) is 0 Å². The Bertz CT molecular complexity index is 1520. The molecule has 0 radical (unpaired) electrons. The van der Waals surface area contributed by atoms with Crippen molar-refractivity contribution in [2.75, 3.05) is 13.2 Å². The monoisotopic (exact) mass is 529 g/mol. The van der Waals surface area contributed by atoms with Gasteiger partial charge in [0.05, 0.1) is 18.5 Å². The van der Waals surface area contributed by atoms with Gasteiger partial charge in [-0.25, -0.2) is 9.67 Å². The standard InChI is InChI=1S/C30H35N5O4/c1-6-38-29(37)14-24(23-9-10-26-30(20(23)4)32-33-34(26)5)21-8-7-18(2)22(13-21)16-35-15-19(3)39-27-11-12-28(36)31-25(27)17-35/h7-13,19,24H,6,14-17H2,1-5H3,(H,31,36)/t19-,24-/m1/s1. The molecule has 4 aromatic rings. The molecule has 0 unspecified atom stereocenters. The summed E-state index contributed by atoms with van der Waals surface area (Å²) >= 11 is 0. The molecule has 39 heavy (non-hydrogen) atoms. The summed E-state index contributed by atoms with van der Waals surface area (Å²) in [5.74, 6) is 0.268. The van der Waals surface area contributed by atoms with Crippen molar-refractivity contribution < 1.29 is 19.4 Å². The summed E-state index contributed by atoms with van der Waals surface area (Å²) in [6.07, 6.45) is 0.202. The fourth-order valence-electron chi connectivity index (χ4n) is 5.45. The fourth-order valence-corrected chi connectivity index (χ4v) is 5.45. The average Bonchev–Trinajstić information content (AvgIpc) is 3.19. The summed E-state index contributed by atoms with van der Waals surface area (Å²) in [4.78, 5) is 19.4. The number of ether oxygens (including phenoxy) is 2. The molecule has 2 atom stereocenters. The van der Waals surface area contributed by atoms with Crippen LogP contribution in [0, 0.1) is 13.8 Å². The third-order valence-corrected chi connectivity index (χ3v) is 7.43. The van der Waals surface area contributed by atoms with Crippen LogP contribution in [0.15, 0.2) is 42.5 Å². The Balaban J connectivity index is 1.50. The molecule has 9 heteroatoms. The van der Waals surface area contributed by atoms with E-state index in [4.69, 9.17) is 9.47 Å². The minimum atomic E-state index is -0.232. The summed E-state index contributed by atoms with van der Waals surface area (Å²) in [5.41, 5.74) is 7.94. The third-order valence-electron chi connectivity index (χ3n) is 7.43. The Morgan fingerprint density at radius 1 is 1.21 bits per heavy atom. The van der Waals surface area contributed by atoms with E-state index in [0.29, 0.717) is 25.4 Å². The van der Waals surface area contributed by atoms with Crippen LogP contribution in [0.3, 0.4) is 0 Å². The van der Waals surface area contributed by atoms with Gasteiger partial charge in [-0.05, 0) is 67.6 Å². The zero-order chi connectivity index (χ0) is 27.7. The number of rotatable bonds is 7. The molecule has 2 aromatic heterocycles. The van der Waals surface area contributed by atoms with Gasteiger partial charge in [-0.1, -0.05) is 29.5 Å². The maximum absolute atomic E-state index is 12.8. The fraction of sp³-hybridized carbons (Fsp3) is 0.400. The molecule has 0 saturated heterocycles. The van der Waals surface area contributed by atoms with Crippen LogP contribution in [-0.2, 0) is 29.7 Å². The minimum absolute atomic E-state index is 0.0118.